The van der Waals surface area contributed by atoms with Gasteiger partial charge in [0.15, 0.2) is 5.11 Å². The van der Waals surface area contributed by atoms with Gasteiger partial charge in [0.05, 0.1) is 0 Å². The standard InChI is InChI=1S/C2H3N5OS2/c3-1(9)5-2(10)8-7-6-4/h(H3,3,5,9,10). The Balaban J connectivity index is 3.64. The van der Waals surface area contributed by atoms with Crippen LogP contribution in [0.3, 0.4) is 0 Å². The third-order valence-corrected chi connectivity index (χ3v) is 0.664. The van der Waals surface area contributed by atoms with Gasteiger partial charge in [0.25, 0.3) is 5.17 Å². The first-order chi connectivity index (χ1) is 4.66. The summed E-state index contributed by atoms with van der Waals surface area (Å²) in [5.41, 5.74) is 12.7. The summed E-state index contributed by atoms with van der Waals surface area (Å²) < 4.78 is 0. The van der Waals surface area contributed by atoms with Crippen LogP contribution in [0.2, 0.25) is 0 Å². The lowest BCUT2D eigenvalue weighted by Gasteiger charge is -1.99. The lowest BCUT2D eigenvalue weighted by molar-refractivity contribution is 0.319. The Kier molecular flexibility index (Phi) is 4.21. The number of nitrogens with one attached hydrogen (secondary N) is 1. The van der Waals surface area contributed by atoms with Gasteiger partial charge >= 0.3 is 0 Å². The monoisotopic (exact) mass is 177 g/mol. The fraction of sp³-hybridized carbons (Fsp3) is 0. The van der Waals surface area contributed by atoms with Crippen molar-refractivity contribution in [3.63, 3.8) is 0 Å². The molecule has 0 rings (SSSR count). The molecule has 0 aliphatic rings. The summed E-state index contributed by atoms with van der Waals surface area (Å²) in [7, 11) is 0. The zero-order valence-electron chi connectivity index (χ0n) is 4.64. The predicted molar refractivity (Wildman–Crippen MR) is 42.8 cm³/mol. The van der Waals surface area contributed by atoms with Crippen molar-refractivity contribution in [3.8, 4) is 0 Å². The summed E-state index contributed by atoms with van der Waals surface area (Å²) in [5.74, 6) is 0. The molecule has 0 fully saturated rings. The van der Waals surface area contributed by atoms with Gasteiger partial charge in [-0.1, -0.05) is 0 Å². The van der Waals surface area contributed by atoms with Crippen molar-refractivity contribution in [2.24, 2.45) is 11.0 Å². The van der Waals surface area contributed by atoms with Crippen molar-refractivity contribution >= 4 is 34.7 Å². The normalized spacial score (nSPS) is 7.20. The highest BCUT2D eigenvalue weighted by Crippen LogP contribution is 1.78. The summed E-state index contributed by atoms with van der Waals surface area (Å²) in [6.45, 7) is 0. The lowest BCUT2D eigenvalue weighted by Crippen LogP contribution is -2.34. The molecular formula is C2H3N5OS2. The summed E-state index contributed by atoms with van der Waals surface area (Å²) in [5, 5.41) is 4.70. The Hall–Kier alpha value is -1.11. The molecule has 0 unspecified atom stereocenters. The molecule has 0 aliphatic heterocycles. The molecule has 6 nitrogen and oxygen atoms in total. The molecule has 0 heterocycles. The molecule has 0 saturated heterocycles. The van der Waals surface area contributed by atoms with Crippen molar-refractivity contribution in [1.29, 1.82) is 0 Å². The molecule has 0 aromatic rings. The van der Waals surface area contributed by atoms with E-state index in [0.717, 1.165) is 0 Å². The molecule has 0 bridgehead atoms. The average molecular weight is 177 g/mol. The van der Waals surface area contributed by atoms with Crippen LogP contribution in [0.25, 0.3) is 10.4 Å². The van der Waals surface area contributed by atoms with E-state index in [-0.39, 0.29) is 10.3 Å². The van der Waals surface area contributed by atoms with Crippen LogP contribution < -0.4 is 11.1 Å². The van der Waals surface area contributed by atoms with Crippen LogP contribution in [0.15, 0.2) is 5.28 Å². The van der Waals surface area contributed by atoms with E-state index in [4.69, 9.17) is 11.3 Å². The molecule has 0 spiro atoms. The molecule has 0 atom stereocenters. The van der Waals surface area contributed by atoms with Crippen molar-refractivity contribution in [1.82, 2.24) is 5.32 Å². The van der Waals surface area contributed by atoms with Crippen LogP contribution in [0.1, 0.15) is 0 Å². The topological polar surface area (TPSA) is 96.0 Å². The summed E-state index contributed by atoms with van der Waals surface area (Å²) >= 11 is 8.82. The number of rotatable bonds is 1. The first-order valence-corrected chi connectivity index (χ1v) is 2.80. The number of nitrogens with two attached hydrogens (primary N) is 1. The lowest BCUT2D eigenvalue weighted by atomic mass is 11.0. The highest BCUT2D eigenvalue weighted by atomic mass is 32.1. The van der Waals surface area contributed by atoms with Gasteiger partial charge in [-0.05, 0) is 30.0 Å². The van der Waals surface area contributed by atoms with Crippen LogP contribution in [-0.4, -0.2) is 10.3 Å². The van der Waals surface area contributed by atoms with Gasteiger partial charge in [-0.2, -0.15) is 0 Å². The van der Waals surface area contributed by atoms with Gasteiger partial charge < -0.3 is 10.6 Å². The number of nitrogens with zero attached hydrogens (tertiary/aromatic N) is 3. The van der Waals surface area contributed by atoms with Gasteiger partial charge in [-0.15, -0.1) is 0 Å². The molecule has 0 radical (unpaired) electrons. The largest absolute Gasteiger partial charge is 0.376 e. The second-order valence-corrected chi connectivity index (χ2v) is 1.85. The molecular weight excluding hydrogens is 174 g/mol. The first-order valence-electron chi connectivity index (χ1n) is 1.98. The quantitative estimate of drug-likeness (QED) is 0.198. The third-order valence-electron chi connectivity index (χ3n) is 0.386. The average Bonchev–Trinajstić information content (AvgIpc) is 1.82. The van der Waals surface area contributed by atoms with Crippen LogP contribution in [-0.2, 0) is 4.84 Å². The van der Waals surface area contributed by atoms with Crippen molar-refractivity contribution in [2.75, 3.05) is 0 Å². The highest BCUT2D eigenvalue weighted by Gasteiger charge is 1.93. The molecule has 8 heteroatoms. The zero-order chi connectivity index (χ0) is 7.98. The minimum Gasteiger partial charge on any atom is -0.376 e. The smallest absolute Gasteiger partial charge is 0.276 e. The van der Waals surface area contributed by atoms with Crippen molar-refractivity contribution < 1.29 is 4.84 Å². The predicted octanol–water partition coefficient (Wildman–Crippen LogP) is 0.346. The van der Waals surface area contributed by atoms with Crippen LogP contribution in [0.5, 0.6) is 0 Å². The van der Waals surface area contributed by atoms with Crippen molar-refractivity contribution in [2.45, 2.75) is 0 Å². The SMILES string of the molecule is [N-]=[N+]=NOC(=S)NC(N)=S. The number of thiocarbonyl (C=S) groups is 2. The molecule has 0 aliphatic carbocycles. The Labute approximate surface area is 66.9 Å². The fourth-order valence-corrected chi connectivity index (χ4v) is 0.479. The molecule has 0 amide bonds. The molecule has 0 saturated carbocycles. The van der Waals surface area contributed by atoms with E-state index in [0.29, 0.717) is 0 Å². The van der Waals surface area contributed by atoms with E-state index >= 15 is 0 Å². The zero-order valence-corrected chi connectivity index (χ0v) is 6.28. The van der Waals surface area contributed by atoms with E-state index in [2.05, 4.69) is 44.8 Å². The fourth-order valence-electron chi connectivity index (χ4n) is 0.179. The van der Waals surface area contributed by atoms with Crippen molar-refractivity contribution in [3.05, 3.63) is 10.4 Å². The van der Waals surface area contributed by atoms with Gasteiger partial charge in [-0.25, -0.2) is 0 Å². The summed E-state index contributed by atoms with van der Waals surface area (Å²) in [6.07, 6.45) is 0. The van der Waals surface area contributed by atoms with E-state index in [1.165, 1.54) is 0 Å². The number of azide groups is 1. The first kappa shape index (κ1) is 8.89. The van der Waals surface area contributed by atoms with E-state index < -0.39 is 0 Å². The van der Waals surface area contributed by atoms with Crippen LogP contribution in [0.4, 0.5) is 0 Å². The van der Waals surface area contributed by atoms with Gasteiger partial charge in [0.1, 0.15) is 5.28 Å². The Morgan fingerprint density at radius 3 is 2.70 bits per heavy atom. The third kappa shape index (κ3) is 5.04. The Morgan fingerprint density at radius 1 is 1.70 bits per heavy atom. The molecule has 54 valence electrons. The maximum atomic E-state index is 7.73. The molecule has 0 aromatic carbocycles. The second kappa shape index (κ2) is 4.74. The molecule has 10 heavy (non-hydrogen) atoms. The Morgan fingerprint density at radius 2 is 2.30 bits per heavy atom. The van der Waals surface area contributed by atoms with E-state index in [1.54, 1.807) is 0 Å². The minimum absolute atomic E-state index is 0.0434. The Bertz CT molecular complexity index is 190. The second-order valence-electron chi connectivity index (χ2n) is 1.04. The van der Waals surface area contributed by atoms with Gasteiger partial charge in [0.2, 0.25) is 0 Å². The van der Waals surface area contributed by atoms with Crippen LogP contribution >= 0.6 is 24.4 Å². The highest BCUT2D eigenvalue weighted by molar-refractivity contribution is 7.81. The maximum absolute atomic E-state index is 7.73. The summed E-state index contributed by atoms with van der Waals surface area (Å²) in [4.78, 5) is 6.44. The summed E-state index contributed by atoms with van der Waals surface area (Å²) in [6, 6.07) is 0. The molecule has 3 N–H and O–H groups in total. The minimum atomic E-state index is -0.176. The van der Waals surface area contributed by atoms with Crippen LogP contribution in [0, 0.1) is 0 Å². The molecule has 0 aromatic heterocycles. The van der Waals surface area contributed by atoms with Gasteiger partial charge in [-0.3, -0.25) is 5.32 Å². The number of hydrogen-bond acceptors (Lipinski definition) is 4. The number of hydrogen-bond donors (Lipinski definition) is 2. The van der Waals surface area contributed by atoms with E-state index in [9.17, 15) is 0 Å². The van der Waals surface area contributed by atoms with E-state index in [1.807, 2.05) is 0 Å². The van der Waals surface area contributed by atoms with Gasteiger partial charge in [0, 0.05) is 4.91 Å². The maximum Gasteiger partial charge on any atom is 0.276 e.